The Hall–Kier alpha value is -2.77. The van der Waals surface area contributed by atoms with Crippen LogP contribution >= 0.6 is 0 Å². The number of hydrogen-bond acceptors (Lipinski definition) is 5. The highest BCUT2D eigenvalue weighted by atomic mass is 16.6. The first-order valence-corrected chi connectivity index (χ1v) is 11.3. The van der Waals surface area contributed by atoms with Crippen molar-refractivity contribution in [1.29, 1.82) is 0 Å². The van der Waals surface area contributed by atoms with Gasteiger partial charge in [-0.2, -0.15) is 0 Å². The van der Waals surface area contributed by atoms with Crippen molar-refractivity contribution in [2.75, 3.05) is 19.6 Å². The average molecular weight is 448 g/mol. The van der Waals surface area contributed by atoms with Crippen molar-refractivity contribution in [3.63, 3.8) is 0 Å². The fraction of sp³-hybridized carbons (Fsp3) is 0.625. The second kappa shape index (κ2) is 11.7. The summed E-state index contributed by atoms with van der Waals surface area (Å²) in [5, 5.41) is 5.63. The Morgan fingerprint density at radius 1 is 1.09 bits per heavy atom. The number of hydrogen-bond donors (Lipinski definition) is 2. The fourth-order valence-electron chi connectivity index (χ4n) is 3.43. The van der Waals surface area contributed by atoms with E-state index in [0.29, 0.717) is 19.6 Å². The highest BCUT2D eigenvalue weighted by molar-refractivity contribution is 5.85. The van der Waals surface area contributed by atoms with Crippen molar-refractivity contribution in [3.8, 4) is 0 Å². The van der Waals surface area contributed by atoms with E-state index >= 15 is 0 Å². The van der Waals surface area contributed by atoms with Crippen LogP contribution in [0.15, 0.2) is 30.3 Å². The Balaban J connectivity index is 1.75. The number of carbonyl (C=O) groups is 3. The van der Waals surface area contributed by atoms with Gasteiger partial charge in [-0.25, -0.2) is 9.59 Å². The molecule has 1 saturated heterocycles. The maximum atomic E-state index is 12.7. The van der Waals surface area contributed by atoms with E-state index in [9.17, 15) is 14.4 Å². The molecule has 8 nitrogen and oxygen atoms in total. The van der Waals surface area contributed by atoms with E-state index in [1.807, 2.05) is 65.0 Å². The second-order valence-electron chi connectivity index (χ2n) is 9.58. The number of likely N-dealkylation sites (tertiary alicyclic amines) is 1. The Morgan fingerprint density at radius 3 is 2.28 bits per heavy atom. The summed E-state index contributed by atoms with van der Waals surface area (Å²) in [6, 6.07) is 8.70. The zero-order chi connectivity index (χ0) is 23.7. The largest absolute Gasteiger partial charge is 0.445 e. The van der Waals surface area contributed by atoms with Crippen LogP contribution in [0.25, 0.3) is 0 Å². The first kappa shape index (κ1) is 25.5. The minimum atomic E-state index is -0.680. The highest BCUT2D eigenvalue weighted by Gasteiger charge is 2.29. The van der Waals surface area contributed by atoms with Crippen LogP contribution in [0.4, 0.5) is 9.59 Å². The van der Waals surface area contributed by atoms with Crippen LogP contribution in [0.2, 0.25) is 0 Å². The molecule has 1 aromatic rings. The summed E-state index contributed by atoms with van der Waals surface area (Å²) in [5.41, 5.74) is 0.370. The summed E-state index contributed by atoms with van der Waals surface area (Å²) in [7, 11) is 0. The van der Waals surface area contributed by atoms with Gasteiger partial charge in [0.25, 0.3) is 0 Å². The SMILES string of the molecule is CC(C)C(NC(=O)OCc1ccccc1)C(=O)NCC1CCN(C(=O)OC(C)(C)C)CC1. The van der Waals surface area contributed by atoms with Crippen molar-refractivity contribution >= 4 is 18.1 Å². The zero-order valence-electron chi connectivity index (χ0n) is 19.8. The standard InChI is InChI=1S/C24H37N3O5/c1-17(2)20(26-22(29)31-16-19-9-7-6-8-10-19)21(28)25-15-18-11-13-27(14-12-18)23(30)32-24(3,4)5/h6-10,17-18,20H,11-16H2,1-5H3,(H,25,28)(H,26,29). The van der Waals surface area contributed by atoms with Crippen molar-refractivity contribution in [2.45, 2.75) is 65.7 Å². The molecule has 0 aliphatic carbocycles. The number of alkyl carbamates (subject to hydrolysis) is 1. The lowest BCUT2D eigenvalue weighted by atomic mass is 9.96. The van der Waals surface area contributed by atoms with Crippen molar-refractivity contribution in [2.24, 2.45) is 11.8 Å². The molecule has 0 radical (unpaired) electrons. The van der Waals surface area contributed by atoms with E-state index < -0.39 is 17.7 Å². The smallest absolute Gasteiger partial charge is 0.410 e. The molecule has 0 saturated carbocycles. The number of carbonyl (C=O) groups excluding carboxylic acids is 3. The normalized spacial score (nSPS) is 15.8. The molecule has 1 fully saturated rings. The number of amides is 3. The first-order valence-electron chi connectivity index (χ1n) is 11.3. The molecule has 2 rings (SSSR count). The van der Waals surface area contributed by atoms with Crippen LogP contribution in [0.3, 0.4) is 0 Å². The monoisotopic (exact) mass is 447 g/mol. The molecule has 0 spiro atoms. The van der Waals surface area contributed by atoms with E-state index in [0.717, 1.165) is 18.4 Å². The van der Waals surface area contributed by atoms with Crippen LogP contribution in [0.1, 0.15) is 53.0 Å². The van der Waals surface area contributed by atoms with E-state index in [1.54, 1.807) is 4.90 Å². The predicted molar refractivity (Wildman–Crippen MR) is 122 cm³/mol. The Kier molecular flexibility index (Phi) is 9.35. The second-order valence-corrected chi connectivity index (χ2v) is 9.58. The maximum Gasteiger partial charge on any atom is 0.410 e. The third-order valence-corrected chi connectivity index (χ3v) is 5.27. The van der Waals surface area contributed by atoms with Gasteiger partial charge >= 0.3 is 12.2 Å². The molecule has 178 valence electrons. The molecule has 1 aliphatic rings. The molecule has 0 aromatic heterocycles. The summed E-state index contributed by atoms with van der Waals surface area (Å²) in [6.45, 7) is 11.2. The average Bonchev–Trinajstić information content (AvgIpc) is 2.74. The van der Waals surface area contributed by atoms with Gasteiger partial charge in [0.1, 0.15) is 18.2 Å². The lowest BCUT2D eigenvalue weighted by Gasteiger charge is -2.33. The quantitative estimate of drug-likeness (QED) is 0.664. The van der Waals surface area contributed by atoms with Crippen molar-refractivity contribution < 1.29 is 23.9 Å². The summed E-state index contributed by atoms with van der Waals surface area (Å²) in [4.78, 5) is 38.8. The number of nitrogens with one attached hydrogen (secondary N) is 2. The summed E-state index contributed by atoms with van der Waals surface area (Å²) in [6.07, 6.45) is 0.669. The third kappa shape index (κ3) is 8.77. The van der Waals surface area contributed by atoms with Crippen LogP contribution in [-0.4, -0.2) is 54.3 Å². The first-order chi connectivity index (χ1) is 15.0. The van der Waals surface area contributed by atoms with Gasteiger partial charge in [0.2, 0.25) is 5.91 Å². The van der Waals surface area contributed by atoms with Gasteiger partial charge in [-0.05, 0) is 51.0 Å². The molecule has 1 atom stereocenters. The van der Waals surface area contributed by atoms with E-state index in [1.165, 1.54) is 0 Å². The molecule has 2 N–H and O–H groups in total. The van der Waals surface area contributed by atoms with Gasteiger partial charge in [-0.1, -0.05) is 44.2 Å². The van der Waals surface area contributed by atoms with Gasteiger partial charge in [0, 0.05) is 19.6 Å². The van der Waals surface area contributed by atoms with Gasteiger partial charge in [0.15, 0.2) is 0 Å². The lowest BCUT2D eigenvalue weighted by molar-refractivity contribution is -0.124. The molecular formula is C24H37N3O5. The Bertz CT molecular complexity index is 753. The molecule has 1 aliphatic heterocycles. The van der Waals surface area contributed by atoms with Crippen LogP contribution in [0, 0.1) is 11.8 Å². The Morgan fingerprint density at radius 2 is 1.72 bits per heavy atom. The third-order valence-electron chi connectivity index (χ3n) is 5.27. The number of ether oxygens (including phenoxy) is 2. The van der Waals surface area contributed by atoms with Crippen molar-refractivity contribution in [1.82, 2.24) is 15.5 Å². The summed E-state index contributed by atoms with van der Waals surface area (Å²) >= 11 is 0. The molecule has 0 bridgehead atoms. The lowest BCUT2D eigenvalue weighted by Crippen LogP contribution is -2.51. The number of piperidine rings is 1. The maximum absolute atomic E-state index is 12.7. The minimum absolute atomic E-state index is 0.0895. The Labute approximate surface area is 191 Å². The van der Waals surface area contributed by atoms with E-state index in [2.05, 4.69) is 10.6 Å². The number of benzene rings is 1. The van der Waals surface area contributed by atoms with Crippen LogP contribution < -0.4 is 10.6 Å². The topological polar surface area (TPSA) is 97.0 Å². The van der Waals surface area contributed by atoms with E-state index in [-0.39, 0.29) is 30.4 Å². The van der Waals surface area contributed by atoms with Gasteiger partial charge in [0.05, 0.1) is 0 Å². The summed E-state index contributed by atoms with van der Waals surface area (Å²) in [5.74, 6) is -0.0463. The van der Waals surface area contributed by atoms with Crippen LogP contribution in [0.5, 0.6) is 0 Å². The van der Waals surface area contributed by atoms with Crippen molar-refractivity contribution in [3.05, 3.63) is 35.9 Å². The molecule has 1 heterocycles. The molecule has 32 heavy (non-hydrogen) atoms. The molecule has 1 aromatic carbocycles. The molecular weight excluding hydrogens is 410 g/mol. The highest BCUT2D eigenvalue weighted by Crippen LogP contribution is 2.19. The molecule has 1 unspecified atom stereocenters. The molecule has 3 amide bonds. The van der Waals surface area contributed by atoms with Crippen LogP contribution in [-0.2, 0) is 20.9 Å². The summed E-state index contributed by atoms with van der Waals surface area (Å²) < 4.78 is 10.7. The molecule has 8 heteroatoms. The fourth-order valence-corrected chi connectivity index (χ4v) is 3.43. The van der Waals surface area contributed by atoms with Gasteiger partial charge in [-0.3, -0.25) is 4.79 Å². The zero-order valence-corrected chi connectivity index (χ0v) is 19.8. The number of rotatable bonds is 7. The minimum Gasteiger partial charge on any atom is -0.445 e. The predicted octanol–water partition coefficient (Wildman–Crippen LogP) is 3.70. The van der Waals surface area contributed by atoms with E-state index in [4.69, 9.17) is 9.47 Å². The van der Waals surface area contributed by atoms with Gasteiger partial charge < -0.3 is 25.0 Å². The number of nitrogens with zero attached hydrogens (tertiary/aromatic N) is 1. The van der Waals surface area contributed by atoms with Gasteiger partial charge in [-0.15, -0.1) is 0 Å².